The van der Waals surface area contributed by atoms with E-state index in [0.29, 0.717) is 0 Å². The summed E-state index contributed by atoms with van der Waals surface area (Å²) in [4.78, 5) is 2.65. The van der Waals surface area contributed by atoms with Gasteiger partial charge in [0.1, 0.15) is 0 Å². The number of hydrogen-bond acceptors (Lipinski definition) is 1. The van der Waals surface area contributed by atoms with Gasteiger partial charge in [-0.2, -0.15) is 0 Å². The van der Waals surface area contributed by atoms with Crippen molar-refractivity contribution in [1.29, 1.82) is 0 Å². The summed E-state index contributed by atoms with van der Waals surface area (Å²) in [6.07, 6.45) is 13.4. The molecule has 4 saturated carbocycles. The van der Waals surface area contributed by atoms with Gasteiger partial charge in [-0.25, -0.2) is 0 Å². The molecule has 0 aliphatic heterocycles. The Balaban J connectivity index is 1.02. The van der Waals surface area contributed by atoms with Gasteiger partial charge in [-0.05, 0) is 190 Å². The first kappa shape index (κ1) is 33.3. The number of aryl methyl sites for hydroxylation is 2. The van der Waals surface area contributed by atoms with Crippen molar-refractivity contribution < 1.29 is 0 Å². The average Bonchev–Trinajstić information content (AvgIpc) is 3.73. The van der Waals surface area contributed by atoms with E-state index < -0.39 is 0 Å². The minimum atomic E-state index is -0.378. The fourth-order valence-electron chi connectivity index (χ4n) is 13.9. The Morgan fingerprint density at radius 1 is 0.397 bits per heavy atom. The Morgan fingerprint density at radius 3 is 1.52 bits per heavy atom. The monoisotopic (exact) mass is 747 g/mol. The van der Waals surface area contributed by atoms with E-state index in [9.17, 15) is 0 Å². The SMILES string of the molecule is c1ccc2c(c1)-c1ccccc1C21c2ccccc2-c2ccc(N(c3ccc(-c4ccc5c(c4)CCCC5)cc3)c3ccccc3C34CC5CC(CC(C5)C3)C4)cc21. The summed E-state index contributed by atoms with van der Waals surface area (Å²) in [5.41, 5.74) is 22.0. The lowest BCUT2D eigenvalue weighted by Crippen LogP contribution is -2.48. The zero-order valence-corrected chi connectivity index (χ0v) is 33.3. The zero-order chi connectivity index (χ0) is 38.0. The van der Waals surface area contributed by atoms with Crippen LogP contribution in [-0.2, 0) is 23.7 Å². The van der Waals surface area contributed by atoms with Crippen LogP contribution in [0.1, 0.15) is 90.3 Å². The van der Waals surface area contributed by atoms with Gasteiger partial charge in [0.15, 0.2) is 0 Å². The van der Waals surface area contributed by atoms with Crippen molar-refractivity contribution >= 4 is 17.1 Å². The first-order valence-electron chi connectivity index (χ1n) is 22.2. The summed E-state index contributed by atoms with van der Waals surface area (Å²) in [6.45, 7) is 0. The van der Waals surface area contributed by atoms with Crippen LogP contribution in [0.3, 0.4) is 0 Å². The number of fused-ring (bicyclic) bond motifs is 11. The zero-order valence-electron chi connectivity index (χ0n) is 33.3. The van der Waals surface area contributed by atoms with Gasteiger partial charge in [-0.3, -0.25) is 0 Å². The molecule has 0 radical (unpaired) electrons. The van der Waals surface area contributed by atoms with Gasteiger partial charge in [-0.1, -0.05) is 127 Å². The molecule has 1 spiro atoms. The highest BCUT2D eigenvalue weighted by Gasteiger charge is 2.54. The molecule has 0 saturated heterocycles. The number of hydrogen-bond donors (Lipinski definition) is 0. The first-order chi connectivity index (χ1) is 28.7. The predicted molar refractivity (Wildman–Crippen MR) is 239 cm³/mol. The Kier molecular flexibility index (Phi) is 7.14. The maximum atomic E-state index is 2.65. The standard InChI is InChI=1S/C57H49N/c1-2-12-42-32-43(22-21-40(42)11-1)41-23-25-44(26-24-41)58(55-20-10-9-19-53(55)56-34-37-29-38(35-56)31-39(30-37)36-56)45-27-28-49-48-15-5-8-18-52(48)57(54(49)33-45)50-16-6-3-13-46(50)47-14-4-7-17-51(47)57/h3-10,13-28,32-33,37-39H,1-2,11-12,29-31,34-36H2. The summed E-state index contributed by atoms with van der Waals surface area (Å²) >= 11 is 0. The molecule has 0 aromatic heterocycles. The third-order valence-electron chi connectivity index (χ3n) is 15.8. The van der Waals surface area contributed by atoms with Gasteiger partial charge in [0.2, 0.25) is 0 Å². The molecule has 0 N–H and O–H groups in total. The van der Waals surface area contributed by atoms with Gasteiger partial charge in [0.05, 0.1) is 5.41 Å². The van der Waals surface area contributed by atoms with Gasteiger partial charge in [-0.15, -0.1) is 0 Å². The lowest BCUT2D eigenvalue weighted by Gasteiger charge is -2.57. The van der Waals surface area contributed by atoms with Crippen molar-refractivity contribution in [2.45, 2.75) is 75.0 Å². The van der Waals surface area contributed by atoms with Crippen LogP contribution in [0.2, 0.25) is 0 Å². The van der Waals surface area contributed by atoms with Crippen LogP contribution in [0, 0.1) is 17.8 Å². The highest BCUT2D eigenvalue weighted by molar-refractivity contribution is 5.96. The van der Waals surface area contributed by atoms with Crippen molar-refractivity contribution in [1.82, 2.24) is 0 Å². The predicted octanol–water partition coefficient (Wildman–Crippen LogP) is 14.5. The quantitative estimate of drug-likeness (QED) is 0.169. The van der Waals surface area contributed by atoms with Crippen LogP contribution in [0.15, 0.2) is 158 Å². The summed E-state index contributed by atoms with van der Waals surface area (Å²) in [5, 5.41) is 0. The van der Waals surface area contributed by atoms with E-state index >= 15 is 0 Å². The van der Waals surface area contributed by atoms with Gasteiger partial charge >= 0.3 is 0 Å². The molecule has 282 valence electrons. The van der Waals surface area contributed by atoms with Crippen molar-refractivity contribution in [2.24, 2.45) is 17.8 Å². The number of anilines is 3. The molecule has 0 unspecified atom stereocenters. The van der Waals surface area contributed by atoms with Crippen molar-refractivity contribution in [3.63, 3.8) is 0 Å². The van der Waals surface area contributed by atoms with E-state index in [4.69, 9.17) is 0 Å². The molecule has 7 aromatic carbocycles. The van der Waals surface area contributed by atoms with E-state index in [1.165, 1.54) is 137 Å². The van der Waals surface area contributed by atoms with Crippen LogP contribution < -0.4 is 4.90 Å². The Labute approximate surface area is 343 Å². The third kappa shape index (κ3) is 4.65. The van der Waals surface area contributed by atoms with Crippen molar-refractivity contribution in [3.05, 3.63) is 197 Å². The van der Waals surface area contributed by atoms with Crippen LogP contribution in [-0.4, -0.2) is 0 Å². The Hall–Kier alpha value is -5.66. The molecule has 0 atom stereocenters. The minimum absolute atomic E-state index is 0.254. The van der Waals surface area contributed by atoms with E-state index in [2.05, 4.69) is 163 Å². The summed E-state index contributed by atoms with van der Waals surface area (Å²) in [6, 6.07) is 61.4. The van der Waals surface area contributed by atoms with Gasteiger partial charge in [0, 0.05) is 17.1 Å². The second-order valence-electron chi connectivity index (χ2n) is 18.9. The second kappa shape index (κ2) is 12.4. The van der Waals surface area contributed by atoms with Crippen molar-refractivity contribution in [2.75, 3.05) is 4.90 Å². The van der Waals surface area contributed by atoms with Gasteiger partial charge < -0.3 is 4.90 Å². The van der Waals surface area contributed by atoms with Crippen LogP contribution in [0.5, 0.6) is 0 Å². The normalized spacial score (nSPS) is 23.6. The molecular formula is C57H49N. The second-order valence-corrected chi connectivity index (χ2v) is 18.9. The van der Waals surface area contributed by atoms with Gasteiger partial charge in [0.25, 0.3) is 0 Å². The van der Waals surface area contributed by atoms with E-state index in [-0.39, 0.29) is 10.8 Å². The Morgan fingerprint density at radius 2 is 0.897 bits per heavy atom. The lowest BCUT2D eigenvalue weighted by atomic mass is 9.48. The number of rotatable bonds is 5. The number of para-hydroxylation sites is 1. The third-order valence-corrected chi connectivity index (χ3v) is 15.8. The summed E-state index contributed by atoms with van der Waals surface area (Å²) in [5.74, 6) is 2.64. The Bertz CT molecular complexity index is 2690. The maximum absolute atomic E-state index is 2.65. The maximum Gasteiger partial charge on any atom is 0.0726 e. The van der Waals surface area contributed by atoms with Crippen LogP contribution in [0.4, 0.5) is 17.1 Å². The molecule has 1 heteroatoms. The number of benzene rings is 7. The largest absolute Gasteiger partial charge is 0.310 e. The molecule has 7 aliphatic rings. The fourth-order valence-corrected chi connectivity index (χ4v) is 13.9. The molecule has 4 fully saturated rings. The molecular weight excluding hydrogens is 699 g/mol. The van der Waals surface area contributed by atoms with E-state index in [1.807, 2.05) is 0 Å². The fraction of sp³-hybridized carbons (Fsp3) is 0.263. The van der Waals surface area contributed by atoms with Crippen molar-refractivity contribution in [3.8, 4) is 33.4 Å². The molecule has 7 aliphatic carbocycles. The molecule has 7 aromatic rings. The summed E-state index contributed by atoms with van der Waals surface area (Å²) < 4.78 is 0. The smallest absolute Gasteiger partial charge is 0.0726 e. The van der Waals surface area contributed by atoms with Crippen LogP contribution in [0.25, 0.3) is 33.4 Å². The molecule has 4 bridgehead atoms. The number of nitrogens with zero attached hydrogens (tertiary/aromatic N) is 1. The highest BCUT2D eigenvalue weighted by Crippen LogP contribution is 2.65. The highest BCUT2D eigenvalue weighted by atomic mass is 15.1. The molecule has 0 amide bonds. The first-order valence-corrected chi connectivity index (χ1v) is 22.2. The lowest BCUT2D eigenvalue weighted by molar-refractivity contribution is -0.00491. The average molecular weight is 748 g/mol. The molecule has 0 heterocycles. The van der Waals surface area contributed by atoms with E-state index in [0.717, 1.165) is 17.8 Å². The molecule has 58 heavy (non-hydrogen) atoms. The molecule has 1 nitrogen and oxygen atoms in total. The summed E-state index contributed by atoms with van der Waals surface area (Å²) in [7, 11) is 0. The van der Waals surface area contributed by atoms with Crippen LogP contribution >= 0.6 is 0 Å². The minimum Gasteiger partial charge on any atom is -0.310 e. The molecule has 14 rings (SSSR count). The topological polar surface area (TPSA) is 3.24 Å². The van der Waals surface area contributed by atoms with E-state index in [1.54, 1.807) is 16.7 Å².